The first-order valence-electron chi connectivity index (χ1n) is 6.85. The number of amides is 2. The van der Waals surface area contributed by atoms with E-state index in [2.05, 4.69) is 10.6 Å². The van der Waals surface area contributed by atoms with Crippen LogP contribution < -0.4 is 10.6 Å². The van der Waals surface area contributed by atoms with Crippen LogP contribution in [0.15, 0.2) is 54.6 Å². The normalized spacial score (nSPS) is 9.95. The highest BCUT2D eigenvalue weighted by molar-refractivity contribution is 5.95. The van der Waals surface area contributed by atoms with Gasteiger partial charge in [0.15, 0.2) is 0 Å². The molecular weight excluding hydrogens is 264 g/mol. The maximum absolute atomic E-state index is 11.8. The molecular formula is C17H18N2O2. The number of aryl methyl sites for hydroxylation is 1. The van der Waals surface area contributed by atoms with Crippen LogP contribution in [0.4, 0.5) is 5.69 Å². The van der Waals surface area contributed by atoms with E-state index < -0.39 is 0 Å². The third-order valence-electron chi connectivity index (χ3n) is 3.09. The first-order chi connectivity index (χ1) is 10.2. The van der Waals surface area contributed by atoms with E-state index in [-0.39, 0.29) is 18.2 Å². The molecule has 4 nitrogen and oxygen atoms in total. The highest BCUT2D eigenvalue weighted by atomic mass is 16.2. The number of anilines is 1. The van der Waals surface area contributed by atoms with Gasteiger partial charge in [-0.3, -0.25) is 9.59 Å². The standard InChI is InChI=1S/C17H18N2O2/c1-13-7-5-6-10-15(13)19-16(20)11-12-18-17(21)14-8-3-2-4-9-14/h2-10H,11-12H2,1H3,(H,18,21)(H,19,20). The molecule has 4 heteroatoms. The molecule has 2 amide bonds. The minimum atomic E-state index is -0.167. The van der Waals surface area contributed by atoms with Gasteiger partial charge in [0.25, 0.3) is 5.91 Å². The summed E-state index contributed by atoms with van der Waals surface area (Å²) in [5, 5.41) is 5.56. The Balaban J connectivity index is 1.77. The monoisotopic (exact) mass is 282 g/mol. The molecule has 0 aliphatic heterocycles. The lowest BCUT2D eigenvalue weighted by Gasteiger charge is -2.08. The van der Waals surface area contributed by atoms with Crippen LogP contribution in [0.5, 0.6) is 0 Å². The van der Waals surface area contributed by atoms with Gasteiger partial charge in [-0.05, 0) is 30.7 Å². The van der Waals surface area contributed by atoms with Crippen molar-refractivity contribution in [1.82, 2.24) is 5.32 Å². The van der Waals surface area contributed by atoms with Gasteiger partial charge in [-0.1, -0.05) is 36.4 Å². The minimum absolute atomic E-state index is 0.113. The average Bonchev–Trinajstić information content (AvgIpc) is 2.50. The fourth-order valence-electron chi connectivity index (χ4n) is 1.91. The van der Waals surface area contributed by atoms with Crippen molar-refractivity contribution in [2.45, 2.75) is 13.3 Å². The van der Waals surface area contributed by atoms with Gasteiger partial charge in [-0.15, -0.1) is 0 Å². The molecule has 0 fully saturated rings. The van der Waals surface area contributed by atoms with Gasteiger partial charge in [-0.2, -0.15) is 0 Å². The van der Waals surface area contributed by atoms with E-state index in [1.54, 1.807) is 24.3 Å². The second kappa shape index (κ2) is 7.24. The van der Waals surface area contributed by atoms with Gasteiger partial charge in [0, 0.05) is 24.2 Å². The van der Waals surface area contributed by atoms with Crippen molar-refractivity contribution >= 4 is 17.5 Å². The summed E-state index contributed by atoms with van der Waals surface area (Å²) < 4.78 is 0. The van der Waals surface area contributed by atoms with Gasteiger partial charge >= 0.3 is 0 Å². The molecule has 21 heavy (non-hydrogen) atoms. The zero-order valence-corrected chi connectivity index (χ0v) is 11.9. The molecule has 2 N–H and O–H groups in total. The molecule has 2 rings (SSSR count). The number of benzene rings is 2. The van der Waals surface area contributed by atoms with Crippen molar-refractivity contribution in [3.05, 3.63) is 65.7 Å². The fraction of sp³-hybridized carbons (Fsp3) is 0.176. The van der Waals surface area contributed by atoms with Crippen LogP contribution in [0.2, 0.25) is 0 Å². The van der Waals surface area contributed by atoms with E-state index in [1.165, 1.54) is 0 Å². The molecule has 0 unspecified atom stereocenters. The van der Waals surface area contributed by atoms with Crippen molar-refractivity contribution in [1.29, 1.82) is 0 Å². The van der Waals surface area contributed by atoms with Gasteiger partial charge in [0.2, 0.25) is 5.91 Å². The van der Waals surface area contributed by atoms with E-state index in [4.69, 9.17) is 0 Å². The minimum Gasteiger partial charge on any atom is -0.352 e. The SMILES string of the molecule is Cc1ccccc1NC(=O)CCNC(=O)c1ccccc1. The molecule has 0 aromatic heterocycles. The summed E-state index contributed by atoms with van der Waals surface area (Å²) in [6.45, 7) is 2.25. The average molecular weight is 282 g/mol. The van der Waals surface area contributed by atoms with Gasteiger partial charge in [-0.25, -0.2) is 0 Å². The first kappa shape index (κ1) is 14.8. The predicted octanol–water partition coefficient (Wildman–Crippen LogP) is 2.75. The summed E-state index contributed by atoms with van der Waals surface area (Å²) in [4.78, 5) is 23.6. The third-order valence-corrected chi connectivity index (χ3v) is 3.09. The highest BCUT2D eigenvalue weighted by Gasteiger charge is 2.07. The number of hydrogen-bond acceptors (Lipinski definition) is 2. The molecule has 108 valence electrons. The molecule has 0 radical (unpaired) electrons. The summed E-state index contributed by atoms with van der Waals surface area (Å²) in [6, 6.07) is 16.5. The zero-order valence-electron chi connectivity index (χ0n) is 11.9. The Labute approximate surface area is 124 Å². The maximum Gasteiger partial charge on any atom is 0.251 e. The molecule has 0 heterocycles. The van der Waals surface area contributed by atoms with Crippen LogP contribution in [0.25, 0.3) is 0 Å². The summed E-state index contributed by atoms with van der Waals surface area (Å²) >= 11 is 0. The van der Waals surface area contributed by atoms with Crippen LogP contribution in [-0.2, 0) is 4.79 Å². The lowest BCUT2D eigenvalue weighted by molar-refractivity contribution is -0.116. The molecule has 0 spiro atoms. The van der Waals surface area contributed by atoms with Crippen LogP contribution in [0.1, 0.15) is 22.3 Å². The van der Waals surface area contributed by atoms with Crippen LogP contribution >= 0.6 is 0 Å². The molecule has 0 atom stereocenters. The van der Waals surface area contributed by atoms with Crippen molar-refractivity contribution in [2.24, 2.45) is 0 Å². The molecule has 0 saturated heterocycles. The number of para-hydroxylation sites is 1. The van der Waals surface area contributed by atoms with Crippen molar-refractivity contribution in [3.8, 4) is 0 Å². The van der Waals surface area contributed by atoms with Crippen molar-refractivity contribution < 1.29 is 9.59 Å². The molecule has 2 aromatic carbocycles. The van der Waals surface area contributed by atoms with Crippen molar-refractivity contribution in [3.63, 3.8) is 0 Å². The van der Waals surface area contributed by atoms with E-state index in [0.717, 1.165) is 11.3 Å². The third kappa shape index (κ3) is 4.45. The lowest BCUT2D eigenvalue weighted by Crippen LogP contribution is -2.27. The molecule has 0 aliphatic carbocycles. The van der Waals surface area contributed by atoms with Crippen LogP contribution in [0, 0.1) is 6.92 Å². The van der Waals surface area contributed by atoms with Crippen LogP contribution in [-0.4, -0.2) is 18.4 Å². The largest absolute Gasteiger partial charge is 0.352 e. The number of nitrogens with one attached hydrogen (secondary N) is 2. The van der Waals surface area contributed by atoms with E-state index in [1.807, 2.05) is 37.3 Å². The lowest BCUT2D eigenvalue weighted by atomic mass is 10.2. The number of carbonyl (C=O) groups is 2. The number of hydrogen-bond donors (Lipinski definition) is 2. The van der Waals surface area contributed by atoms with E-state index in [0.29, 0.717) is 12.1 Å². The fourth-order valence-corrected chi connectivity index (χ4v) is 1.91. The van der Waals surface area contributed by atoms with Crippen LogP contribution in [0.3, 0.4) is 0 Å². The molecule has 0 saturated carbocycles. The molecule has 2 aromatic rings. The van der Waals surface area contributed by atoms with E-state index in [9.17, 15) is 9.59 Å². The van der Waals surface area contributed by atoms with Gasteiger partial charge < -0.3 is 10.6 Å². The Hall–Kier alpha value is -2.62. The number of rotatable bonds is 5. The van der Waals surface area contributed by atoms with Crippen molar-refractivity contribution in [2.75, 3.05) is 11.9 Å². The smallest absolute Gasteiger partial charge is 0.251 e. The zero-order chi connectivity index (χ0) is 15.1. The second-order valence-corrected chi connectivity index (χ2v) is 4.74. The summed E-state index contributed by atoms with van der Waals surface area (Å²) in [5.41, 5.74) is 2.41. The second-order valence-electron chi connectivity index (χ2n) is 4.74. The Kier molecular flexibility index (Phi) is 5.10. The highest BCUT2D eigenvalue weighted by Crippen LogP contribution is 2.13. The molecule has 0 aliphatic rings. The van der Waals surface area contributed by atoms with Gasteiger partial charge in [0.05, 0.1) is 0 Å². The van der Waals surface area contributed by atoms with E-state index >= 15 is 0 Å². The Morgan fingerprint density at radius 1 is 0.952 bits per heavy atom. The Morgan fingerprint density at radius 3 is 2.33 bits per heavy atom. The summed E-state index contributed by atoms with van der Waals surface area (Å²) in [7, 11) is 0. The quantitative estimate of drug-likeness (QED) is 0.886. The predicted molar refractivity (Wildman–Crippen MR) is 83.2 cm³/mol. The summed E-state index contributed by atoms with van der Waals surface area (Å²) in [6.07, 6.45) is 0.243. The first-order valence-corrected chi connectivity index (χ1v) is 6.85. The van der Waals surface area contributed by atoms with Gasteiger partial charge in [0.1, 0.15) is 0 Å². The number of carbonyl (C=O) groups excluding carboxylic acids is 2. The summed E-state index contributed by atoms with van der Waals surface area (Å²) in [5.74, 6) is -0.281. The Morgan fingerprint density at radius 2 is 1.62 bits per heavy atom. The Bertz CT molecular complexity index is 624. The molecule has 0 bridgehead atoms. The maximum atomic E-state index is 11.8. The topological polar surface area (TPSA) is 58.2 Å².